The Morgan fingerprint density at radius 1 is 1.26 bits per heavy atom. The second-order valence-electron chi connectivity index (χ2n) is 4.11. The third kappa shape index (κ3) is 4.95. The Labute approximate surface area is 127 Å². The SMILES string of the molecule is O=[N+]([O-])c1ccc(N/N=C/c2ccccc2OC(F)(F)F)nc1. The van der Waals surface area contributed by atoms with Crippen molar-refractivity contribution in [3.05, 3.63) is 58.3 Å². The fraction of sp³-hybridized carbons (Fsp3) is 0.0769. The molecule has 0 amide bonds. The number of pyridine rings is 1. The van der Waals surface area contributed by atoms with Crippen molar-refractivity contribution in [3.63, 3.8) is 0 Å². The summed E-state index contributed by atoms with van der Waals surface area (Å²) in [6.45, 7) is 0. The van der Waals surface area contributed by atoms with E-state index in [-0.39, 0.29) is 17.1 Å². The van der Waals surface area contributed by atoms with Gasteiger partial charge in [-0.15, -0.1) is 13.2 Å². The maximum Gasteiger partial charge on any atom is 0.573 e. The number of halogens is 3. The van der Waals surface area contributed by atoms with Crippen molar-refractivity contribution in [1.29, 1.82) is 0 Å². The number of aromatic nitrogens is 1. The van der Waals surface area contributed by atoms with Gasteiger partial charge in [0.15, 0.2) is 0 Å². The second-order valence-corrected chi connectivity index (χ2v) is 4.11. The summed E-state index contributed by atoms with van der Waals surface area (Å²) < 4.78 is 40.7. The summed E-state index contributed by atoms with van der Waals surface area (Å²) in [5, 5.41) is 14.2. The van der Waals surface area contributed by atoms with Crippen molar-refractivity contribution >= 4 is 17.7 Å². The van der Waals surface area contributed by atoms with Crippen LogP contribution in [-0.2, 0) is 0 Å². The number of anilines is 1. The molecular formula is C13H9F3N4O3. The van der Waals surface area contributed by atoms with E-state index in [4.69, 9.17) is 0 Å². The number of nitrogens with zero attached hydrogens (tertiary/aromatic N) is 3. The van der Waals surface area contributed by atoms with Gasteiger partial charge in [0.2, 0.25) is 0 Å². The van der Waals surface area contributed by atoms with Crippen LogP contribution in [0.5, 0.6) is 5.75 Å². The number of ether oxygens (including phenoxy) is 1. The van der Waals surface area contributed by atoms with E-state index >= 15 is 0 Å². The van der Waals surface area contributed by atoms with Crippen molar-refractivity contribution in [2.75, 3.05) is 5.43 Å². The molecule has 10 heteroatoms. The maximum atomic E-state index is 12.3. The van der Waals surface area contributed by atoms with Crippen LogP contribution in [0.4, 0.5) is 24.7 Å². The van der Waals surface area contributed by atoms with Gasteiger partial charge in [0.05, 0.1) is 11.1 Å². The number of para-hydroxylation sites is 1. The molecule has 0 unspecified atom stereocenters. The predicted molar refractivity (Wildman–Crippen MR) is 75.2 cm³/mol. The minimum atomic E-state index is -4.81. The number of hydrazone groups is 1. The molecule has 0 fully saturated rings. The fourth-order valence-electron chi connectivity index (χ4n) is 1.53. The molecule has 1 aromatic heterocycles. The van der Waals surface area contributed by atoms with E-state index in [9.17, 15) is 23.3 Å². The molecule has 1 aromatic carbocycles. The summed E-state index contributed by atoms with van der Waals surface area (Å²) in [6.07, 6.45) is -2.67. The number of nitrogens with one attached hydrogen (secondary N) is 1. The van der Waals surface area contributed by atoms with E-state index in [2.05, 4.69) is 20.2 Å². The highest BCUT2D eigenvalue weighted by molar-refractivity contribution is 5.83. The molecule has 0 saturated heterocycles. The van der Waals surface area contributed by atoms with E-state index < -0.39 is 17.0 Å². The third-order valence-corrected chi connectivity index (χ3v) is 2.49. The molecule has 0 radical (unpaired) electrons. The Morgan fingerprint density at radius 2 is 2.00 bits per heavy atom. The van der Waals surface area contributed by atoms with Gasteiger partial charge in [-0.3, -0.25) is 15.5 Å². The highest BCUT2D eigenvalue weighted by atomic mass is 19.4. The average Bonchev–Trinajstić information content (AvgIpc) is 2.48. The zero-order valence-corrected chi connectivity index (χ0v) is 11.3. The number of benzene rings is 1. The zero-order valence-electron chi connectivity index (χ0n) is 11.3. The predicted octanol–water partition coefficient (Wildman–Crippen LogP) is 3.33. The molecule has 1 N–H and O–H groups in total. The summed E-state index contributed by atoms with van der Waals surface area (Å²) in [4.78, 5) is 13.6. The van der Waals surface area contributed by atoms with Gasteiger partial charge in [0.1, 0.15) is 17.8 Å². The highest BCUT2D eigenvalue weighted by Gasteiger charge is 2.31. The van der Waals surface area contributed by atoms with E-state index in [0.29, 0.717) is 0 Å². The van der Waals surface area contributed by atoms with Crippen LogP contribution in [0.2, 0.25) is 0 Å². The zero-order chi connectivity index (χ0) is 16.9. The monoisotopic (exact) mass is 326 g/mol. The fourth-order valence-corrected chi connectivity index (χ4v) is 1.53. The van der Waals surface area contributed by atoms with Crippen molar-refractivity contribution in [1.82, 2.24) is 4.98 Å². The first-order valence-corrected chi connectivity index (χ1v) is 6.09. The number of hydrogen-bond donors (Lipinski definition) is 1. The second kappa shape index (κ2) is 6.73. The molecule has 0 bridgehead atoms. The molecule has 7 nitrogen and oxygen atoms in total. The molecule has 0 atom stereocenters. The Kier molecular flexibility index (Phi) is 4.74. The van der Waals surface area contributed by atoms with Gasteiger partial charge in [0, 0.05) is 11.6 Å². The van der Waals surface area contributed by atoms with Crippen molar-refractivity contribution in [2.24, 2.45) is 5.10 Å². The first kappa shape index (κ1) is 16.2. The van der Waals surface area contributed by atoms with Crippen LogP contribution >= 0.6 is 0 Å². The molecular weight excluding hydrogens is 317 g/mol. The minimum Gasteiger partial charge on any atom is -0.405 e. The first-order valence-electron chi connectivity index (χ1n) is 6.09. The van der Waals surface area contributed by atoms with E-state index in [0.717, 1.165) is 18.5 Å². The summed E-state index contributed by atoms with van der Waals surface area (Å²) in [6, 6.07) is 7.98. The number of alkyl halides is 3. The van der Waals surface area contributed by atoms with Crippen LogP contribution in [0.1, 0.15) is 5.56 Å². The smallest absolute Gasteiger partial charge is 0.405 e. The molecule has 2 aromatic rings. The molecule has 2 rings (SSSR count). The topological polar surface area (TPSA) is 89.7 Å². The molecule has 0 aliphatic rings. The van der Waals surface area contributed by atoms with Gasteiger partial charge in [-0.25, -0.2) is 4.98 Å². The minimum absolute atomic E-state index is 0.0965. The Bertz CT molecular complexity index is 717. The Morgan fingerprint density at radius 3 is 2.61 bits per heavy atom. The normalized spacial score (nSPS) is 11.4. The van der Waals surface area contributed by atoms with Crippen molar-refractivity contribution in [3.8, 4) is 5.75 Å². The van der Waals surface area contributed by atoms with Gasteiger partial charge in [0.25, 0.3) is 5.69 Å². The lowest BCUT2D eigenvalue weighted by molar-refractivity contribution is -0.385. The van der Waals surface area contributed by atoms with Crippen LogP contribution in [0, 0.1) is 10.1 Å². The van der Waals surface area contributed by atoms with Crippen LogP contribution in [0.25, 0.3) is 0 Å². The van der Waals surface area contributed by atoms with Crippen LogP contribution in [0.3, 0.4) is 0 Å². The number of rotatable bonds is 5. The van der Waals surface area contributed by atoms with E-state index in [1.807, 2.05) is 0 Å². The summed E-state index contributed by atoms with van der Waals surface area (Å²) in [7, 11) is 0. The molecule has 0 aliphatic heterocycles. The lowest BCUT2D eigenvalue weighted by Crippen LogP contribution is -2.18. The van der Waals surface area contributed by atoms with Crippen molar-refractivity contribution in [2.45, 2.75) is 6.36 Å². The van der Waals surface area contributed by atoms with Gasteiger partial charge in [-0.05, 0) is 18.2 Å². The lowest BCUT2D eigenvalue weighted by Gasteiger charge is -2.10. The van der Waals surface area contributed by atoms with Gasteiger partial charge >= 0.3 is 6.36 Å². The number of hydrogen-bond acceptors (Lipinski definition) is 6. The lowest BCUT2D eigenvalue weighted by atomic mass is 10.2. The average molecular weight is 326 g/mol. The first-order chi connectivity index (χ1) is 10.8. The quantitative estimate of drug-likeness (QED) is 0.517. The van der Waals surface area contributed by atoms with Gasteiger partial charge in [-0.1, -0.05) is 12.1 Å². The molecule has 0 aliphatic carbocycles. The molecule has 0 saturated carbocycles. The molecule has 1 heterocycles. The molecule has 23 heavy (non-hydrogen) atoms. The summed E-state index contributed by atoms with van der Waals surface area (Å²) in [5.74, 6) is -0.205. The third-order valence-electron chi connectivity index (χ3n) is 2.49. The molecule has 0 spiro atoms. The van der Waals surface area contributed by atoms with Crippen molar-refractivity contribution < 1.29 is 22.8 Å². The van der Waals surface area contributed by atoms with E-state index in [1.54, 1.807) is 0 Å². The van der Waals surface area contributed by atoms with Crippen LogP contribution in [0.15, 0.2) is 47.7 Å². The van der Waals surface area contributed by atoms with Gasteiger partial charge < -0.3 is 4.74 Å². The Hall–Kier alpha value is -3.17. The number of nitro groups is 1. The van der Waals surface area contributed by atoms with Crippen LogP contribution < -0.4 is 10.2 Å². The molecule has 120 valence electrons. The van der Waals surface area contributed by atoms with E-state index in [1.165, 1.54) is 30.3 Å². The van der Waals surface area contributed by atoms with Gasteiger partial charge in [-0.2, -0.15) is 5.10 Å². The highest BCUT2D eigenvalue weighted by Crippen LogP contribution is 2.25. The van der Waals surface area contributed by atoms with Crippen LogP contribution in [-0.4, -0.2) is 22.5 Å². The standard InChI is InChI=1S/C13H9F3N4O3/c14-13(15,16)23-11-4-2-1-3-9(11)7-18-19-12-6-5-10(8-17-12)20(21)22/h1-8H,(H,17,19)/b18-7+. The Balaban J connectivity index is 2.07. The summed E-state index contributed by atoms with van der Waals surface area (Å²) in [5.41, 5.74) is 2.35. The largest absolute Gasteiger partial charge is 0.573 e. The summed E-state index contributed by atoms with van der Waals surface area (Å²) >= 11 is 0. The maximum absolute atomic E-state index is 12.3.